The van der Waals surface area contributed by atoms with Gasteiger partial charge in [-0.3, -0.25) is 9.20 Å². The third kappa shape index (κ3) is 2.10. The number of anilines is 1. The number of aryl methyl sites for hydroxylation is 3. The van der Waals surface area contributed by atoms with Crippen molar-refractivity contribution in [3.05, 3.63) is 52.3 Å². The number of imidazole rings is 1. The second-order valence-corrected chi connectivity index (χ2v) is 5.77. The Kier molecular flexibility index (Phi) is 3.06. The monoisotopic (exact) mass is 285 g/mol. The molecule has 4 nitrogen and oxygen atoms in total. The summed E-state index contributed by atoms with van der Waals surface area (Å²) in [5.74, 6) is -0.107. The molecule has 0 saturated heterocycles. The number of rotatable bonds is 2. The number of nitrogens with one attached hydrogen (secondary N) is 1. The van der Waals surface area contributed by atoms with Gasteiger partial charge in [0, 0.05) is 23.5 Å². The molecule has 20 heavy (non-hydrogen) atoms. The number of benzene rings is 1. The summed E-state index contributed by atoms with van der Waals surface area (Å²) >= 11 is 1.46. The number of hydrogen-bond donors (Lipinski definition) is 1. The van der Waals surface area contributed by atoms with E-state index in [2.05, 4.69) is 29.4 Å². The zero-order valence-electron chi connectivity index (χ0n) is 11.6. The predicted octanol–water partition coefficient (Wildman–Crippen LogP) is 3.57. The van der Waals surface area contributed by atoms with E-state index in [9.17, 15) is 4.79 Å². The number of amides is 1. The van der Waals surface area contributed by atoms with Gasteiger partial charge in [-0.1, -0.05) is 17.7 Å². The summed E-state index contributed by atoms with van der Waals surface area (Å²) < 4.78 is 1.80. The Labute approximate surface area is 121 Å². The van der Waals surface area contributed by atoms with Crippen LogP contribution in [0.3, 0.4) is 0 Å². The second kappa shape index (κ2) is 4.76. The lowest BCUT2D eigenvalue weighted by Crippen LogP contribution is -2.15. The first-order chi connectivity index (χ1) is 9.56. The number of hydrogen-bond acceptors (Lipinski definition) is 3. The summed E-state index contributed by atoms with van der Waals surface area (Å²) in [5.41, 5.74) is 4.85. The maximum atomic E-state index is 12.4. The van der Waals surface area contributed by atoms with Gasteiger partial charge >= 0.3 is 0 Å². The minimum Gasteiger partial charge on any atom is -0.320 e. The largest absolute Gasteiger partial charge is 0.320 e. The van der Waals surface area contributed by atoms with Crippen molar-refractivity contribution in [1.29, 1.82) is 0 Å². The molecule has 2 aromatic heterocycles. The van der Waals surface area contributed by atoms with Crippen molar-refractivity contribution in [3.8, 4) is 0 Å². The van der Waals surface area contributed by atoms with E-state index >= 15 is 0 Å². The van der Waals surface area contributed by atoms with Crippen molar-refractivity contribution < 1.29 is 4.79 Å². The molecule has 3 aromatic rings. The lowest BCUT2D eigenvalue weighted by atomic mass is 10.1. The van der Waals surface area contributed by atoms with Crippen LogP contribution in [-0.2, 0) is 0 Å². The van der Waals surface area contributed by atoms with Gasteiger partial charge in [0.25, 0.3) is 5.91 Å². The highest BCUT2D eigenvalue weighted by Gasteiger charge is 2.14. The van der Waals surface area contributed by atoms with Crippen molar-refractivity contribution in [3.63, 3.8) is 0 Å². The third-order valence-electron chi connectivity index (χ3n) is 3.29. The fraction of sp³-hybridized carbons (Fsp3) is 0.200. The zero-order chi connectivity index (χ0) is 14.3. The fourth-order valence-corrected chi connectivity index (χ4v) is 3.28. The molecule has 1 N–H and O–H groups in total. The zero-order valence-corrected chi connectivity index (χ0v) is 12.4. The van der Waals surface area contributed by atoms with Gasteiger partial charge in [0.1, 0.15) is 5.69 Å². The molecule has 1 aromatic carbocycles. The summed E-state index contributed by atoms with van der Waals surface area (Å²) in [4.78, 5) is 17.4. The number of nitrogens with zero attached hydrogens (tertiary/aromatic N) is 2. The Morgan fingerprint density at radius 1 is 1.25 bits per heavy atom. The summed E-state index contributed by atoms with van der Waals surface area (Å²) in [6.07, 6.45) is 3.50. The Bertz CT molecular complexity index is 777. The van der Waals surface area contributed by atoms with Gasteiger partial charge in [0.05, 0.1) is 0 Å². The molecule has 0 aliphatic carbocycles. The van der Waals surface area contributed by atoms with E-state index in [1.165, 1.54) is 16.9 Å². The molecule has 0 aliphatic heterocycles. The Hall–Kier alpha value is -2.14. The van der Waals surface area contributed by atoms with Crippen LogP contribution in [0, 0.1) is 20.8 Å². The quantitative estimate of drug-likeness (QED) is 0.782. The van der Waals surface area contributed by atoms with Crippen molar-refractivity contribution in [1.82, 2.24) is 9.38 Å². The standard InChI is InChI=1S/C15H15N3OS/c1-9-6-10(2)13(11(3)7-9)17-14(19)12-8-20-15-16-4-5-18(12)15/h4-8H,1-3H3,(H,17,19). The molecule has 0 spiro atoms. The second-order valence-electron chi connectivity index (χ2n) is 4.93. The summed E-state index contributed by atoms with van der Waals surface area (Å²) in [6.45, 7) is 6.07. The molecule has 1 amide bonds. The van der Waals surface area contributed by atoms with E-state index in [0.29, 0.717) is 5.69 Å². The number of thiazole rings is 1. The molecule has 0 saturated carbocycles. The van der Waals surface area contributed by atoms with Gasteiger partial charge in [0.15, 0.2) is 4.96 Å². The summed E-state index contributed by atoms with van der Waals surface area (Å²) in [6, 6.07) is 4.14. The molecule has 2 heterocycles. The minimum absolute atomic E-state index is 0.107. The number of carbonyl (C=O) groups is 1. The highest BCUT2D eigenvalue weighted by Crippen LogP contribution is 2.23. The summed E-state index contributed by atoms with van der Waals surface area (Å²) in [7, 11) is 0. The fourth-order valence-electron chi connectivity index (χ4n) is 2.44. The van der Waals surface area contributed by atoms with E-state index in [1.807, 2.05) is 19.2 Å². The maximum Gasteiger partial charge on any atom is 0.273 e. The summed E-state index contributed by atoms with van der Waals surface area (Å²) in [5, 5.41) is 4.84. The number of carbonyl (C=O) groups excluding carboxylic acids is 1. The number of fused-ring (bicyclic) bond motifs is 1. The van der Waals surface area contributed by atoms with Crippen LogP contribution in [0.1, 0.15) is 27.2 Å². The van der Waals surface area contributed by atoms with E-state index in [1.54, 1.807) is 16.8 Å². The normalized spacial score (nSPS) is 10.9. The SMILES string of the molecule is Cc1cc(C)c(NC(=O)c2csc3nccn23)c(C)c1. The van der Waals surface area contributed by atoms with Gasteiger partial charge < -0.3 is 5.32 Å². The van der Waals surface area contributed by atoms with Crippen LogP contribution in [-0.4, -0.2) is 15.3 Å². The average molecular weight is 285 g/mol. The van der Waals surface area contributed by atoms with Crippen LogP contribution in [0.2, 0.25) is 0 Å². The first kappa shape index (κ1) is 12.9. The third-order valence-corrected chi connectivity index (χ3v) is 4.14. The molecule has 0 bridgehead atoms. The van der Waals surface area contributed by atoms with Crippen LogP contribution >= 0.6 is 11.3 Å². The molecule has 0 aliphatic rings. The van der Waals surface area contributed by atoms with Gasteiger partial charge in [-0.2, -0.15) is 0 Å². The highest BCUT2D eigenvalue weighted by molar-refractivity contribution is 7.15. The van der Waals surface area contributed by atoms with E-state index in [-0.39, 0.29) is 5.91 Å². The van der Waals surface area contributed by atoms with Crippen LogP contribution in [0.4, 0.5) is 5.69 Å². The highest BCUT2D eigenvalue weighted by atomic mass is 32.1. The van der Waals surface area contributed by atoms with Crippen molar-refractivity contribution in [2.75, 3.05) is 5.32 Å². The Balaban J connectivity index is 1.96. The lowest BCUT2D eigenvalue weighted by Gasteiger charge is -2.12. The Morgan fingerprint density at radius 2 is 1.95 bits per heavy atom. The molecule has 3 rings (SSSR count). The average Bonchev–Trinajstić information content (AvgIpc) is 2.95. The minimum atomic E-state index is -0.107. The first-order valence-corrected chi connectivity index (χ1v) is 7.24. The first-order valence-electron chi connectivity index (χ1n) is 6.36. The van der Waals surface area contributed by atoms with Gasteiger partial charge in [-0.25, -0.2) is 4.98 Å². The van der Waals surface area contributed by atoms with Crippen LogP contribution in [0.15, 0.2) is 29.9 Å². The van der Waals surface area contributed by atoms with Crippen molar-refractivity contribution >= 4 is 27.9 Å². The molecule has 5 heteroatoms. The van der Waals surface area contributed by atoms with E-state index < -0.39 is 0 Å². The number of aromatic nitrogens is 2. The van der Waals surface area contributed by atoms with Gasteiger partial charge in [-0.05, 0) is 31.9 Å². The molecule has 0 unspecified atom stereocenters. The predicted molar refractivity (Wildman–Crippen MR) is 81.7 cm³/mol. The molecule has 102 valence electrons. The van der Waals surface area contributed by atoms with E-state index in [0.717, 1.165) is 21.8 Å². The Morgan fingerprint density at radius 3 is 2.65 bits per heavy atom. The van der Waals surface area contributed by atoms with Crippen molar-refractivity contribution in [2.24, 2.45) is 0 Å². The van der Waals surface area contributed by atoms with Gasteiger partial charge in [-0.15, -0.1) is 11.3 Å². The smallest absolute Gasteiger partial charge is 0.273 e. The van der Waals surface area contributed by atoms with E-state index in [4.69, 9.17) is 0 Å². The van der Waals surface area contributed by atoms with Crippen LogP contribution < -0.4 is 5.32 Å². The molecular formula is C15H15N3OS. The molecule has 0 radical (unpaired) electrons. The molecule has 0 atom stereocenters. The van der Waals surface area contributed by atoms with Gasteiger partial charge in [0.2, 0.25) is 0 Å². The van der Waals surface area contributed by atoms with Crippen molar-refractivity contribution in [2.45, 2.75) is 20.8 Å². The molecular weight excluding hydrogens is 270 g/mol. The lowest BCUT2D eigenvalue weighted by molar-refractivity contribution is 0.102. The van der Waals surface area contributed by atoms with Crippen LogP contribution in [0.25, 0.3) is 4.96 Å². The molecule has 0 fully saturated rings. The maximum absolute atomic E-state index is 12.4. The van der Waals surface area contributed by atoms with Crippen LogP contribution in [0.5, 0.6) is 0 Å². The topological polar surface area (TPSA) is 46.4 Å².